The van der Waals surface area contributed by atoms with Gasteiger partial charge in [0.15, 0.2) is 0 Å². The van der Waals surface area contributed by atoms with Gasteiger partial charge in [-0.05, 0) is 33.7 Å². The lowest BCUT2D eigenvalue weighted by molar-refractivity contribution is 0.476. The number of hydrogen-bond donors (Lipinski definition) is 2. The van der Waals surface area contributed by atoms with Gasteiger partial charge in [-0.2, -0.15) is 5.10 Å². The van der Waals surface area contributed by atoms with Gasteiger partial charge in [0, 0.05) is 16.7 Å². The van der Waals surface area contributed by atoms with Gasteiger partial charge < -0.3 is 10.9 Å². The van der Waals surface area contributed by atoms with Crippen molar-refractivity contribution in [2.75, 3.05) is 0 Å². The van der Waals surface area contributed by atoms with Crippen molar-refractivity contribution >= 4 is 27.8 Å². The van der Waals surface area contributed by atoms with Gasteiger partial charge in [0.25, 0.3) is 0 Å². The number of fused-ring (bicyclic) bond motifs is 2. The fourth-order valence-electron chi connectivity index (χ4n) is 3.25. The first-order valence-electron chi connectivity index (χ1n) is 7.75. The number of hydrazone groups is 1. The molecule has 0 saturated heterocycles. The van der Waals surface area contributed by atoms with Crippen LogP contribution in [0.1, 0.15) is 5.56 Å². The third-order valence-corrected chi connectivity index (χ3v) is 4.32. The number of nitrogens with two attached hydrogens (primary N) is 1. The Bertz CT molecular complexity index is 1030. The highest BCUT2D eigenvalue weighted by Gasteiger charge is 2.14. The van der Waals surface area contributed by atoms with Crippen molar-refractivity contribution in [1.82, 2.24) is 0 Å². The first-order valence-corrected chi connectivity index (χ1v) is 7.75. The Hall–Kier alpha value is -3.33. The van der Waals surface area contributed by atoms with Crippen LogP contribution in [0.5, 0.6) is 5.75 Å². The van der Waals surface area contributed by atoms with Crippen LogP contribution in [-0.2, 0) is 0 Å². The molecule has 0 saturated carbocycles. The fourth-order valence-corrected chi connectivity index (χ4v) is 3.25. The predicted molar refractivity (Wildman–Crippen MR) is 100 cm³/mol. The first kappa shape index (κ1) is 14.3. The van der Waals surface area contributed by atoms with E-state index in [-0.39, 0.29) is 5.75 Å². The second kappa shape index (κ2) is 5.70. The number of aromatic hydroxyl groups is 1. The number of para-hydroxylation sites is 1. The molecule has 3 heteroatoms. The first-order chi connectivity index (χ1) is 11.8. The molecule has 0 aliphatic heterocycles. The molecule has 4 rings (SSSR count). The molecule has 0 unspecified atom stereocenters. The maximum Gasteiger partial charge on any atom is 0.132 e. The summed E-state index contributed by atoms with van der Waals surface area (Å²) in [6, 6.07) is 24.2. The van der Waals surface area contributed by atoms with Crippen molar-refractivity contribution < 1.29 is 5.11 Å². The van der Waals surface area contributed by atoms with E-state index in [1.54, 1.807) is 6.07 Å². The van der Waals surface area contributed by atoms with Gasteiger partial charge in [-0.1, -0.05) is 60.7 Å². The van der Waals surface area contributed by atoms with Crippen molar-refractivity contribution in [3.63, 3.8) is 0 Å². The second-order valence-corrected chi connectivity index (χ2v) is 5.72. The largest absolute Gasteiger partial charge is 0.507 e. The van der Waals surface area contributed by atoms with E-state index >= 15 is 0 Å². The number of nitrogens with zero attached hydrogens (tertiary/aromatic N) is 1. The summed E-state index contributed by atoms with van der Waals surface area (Å²) >= 11 is 0. The summed E-state index contributed by atoms with van der Waals surface area (Å²) in [4.78, 5) is 0. The lowest BCUT2D eigenvalue weighted by Crippen LogP contribution is -1.91. The zero-order valence-electron chi connectivity index (χ0n) is 13.0. The van der Waals surface area contributed by atoms with E-state index < -0.39 is 0 Å². The normalized spacial score (nSPS) is 11.5. The zero-order chi connectivity index (χ0) is 16.5. The number of benzene rings is 4. The Labute approximate surface area is 139 Å². The van der Waals surface area contributed by atoms with E-state index in [0.29, 0.717) is 5.56 Å². The number of phenols is 1. The van der Waals surface area contributed by atoms with Crippen LogP contribution in [0.4, 0.5) is 0 Å². The molecule has 4 aromatic rings. The Kier molecular flexibility index (Phi) is 3.39. The standard InChI is InChI=1S/C21H16N2O/c22-23-13-16-8-5-11-19(21(16)24)20-17-9-3-1-6-14(17)12-15-7-2-4-10-18(15)20/h1-13,24H,22H2/b23-13+. The molecule has 24 heavy (non-hydrogen) atoms. The van der Waals surface area contributed by atoms with Gasteiger partial charge in [0.05, 0.1) is 6.21 Å². The Morgan fingerprint density at radius 1 is 0.792 bits per heavy atom. The number of rotatable bonds is 2. The summed E-state index contributed by atoms with van der Waals surface area (Å²) in [6.45, 7) is 0. The molecule has 0 heterocycles. The van der Waals surface area contributed by atoms with E-state index in [1.807, 2.05) is 36.4 Å². The molecular weight excluding hydrogens is 296 g/mol. The Morgan fingerprint density at radius 3 is 2.04 bits per heavy atom. The summed E-state index contributed by atoms with van der Waals surface area (Å²) in [5.74, 6) is 5.45. The van der Waals surface area contributed by atoms with Gasteiger partial charge in [-0.3, -0.25) is 0 Å². The fraction of sp³-hybridized carbons (Fsp3) is 0. The molecule has 3 nitrogen and oxygen atoms in total. The third kappa shape index (κ3) is 2.18. The van der Waals surface area contributed by atoms with Crippen LogP contribution < -0.4 is 5.84 Å². The summed E-state index contributed by atoms with van der Waals surface area (Å²) < 4.78 is 0. The third-order valence-electron chi connectivity index (χ3n) is 4.32. The molecule has 116 valence electrons. The van der Waals surface area contributed by atoms with Crippen molar-refractivity contribution in [1.29, 1.82) is 0 Å². The van der Waals surface area contributed by atoms with Crippen molar-refractivity contribution in [3.05, 3.63) is 78.4 Å². The molecule has 0 fully saturated rings. The SMILES string of the molecule is N/N=C/c1cccc(-c2c3ccccc3cc3ccccc23)c1O. The van der Waals surface area contributed by atoms with Crippen LogP contribution in [0.25, 0.3) is 32.7 Å². The van der Waals surface area contributed by atoms with Gasteiger partial charge in [0.2, 0.25) is 0 Å². The van der Waals surface area contributed by atoms with Gasteiger partial charge in [-0.25, -0.2) is 0 Å². The minimum Gasteiger partial charge on any atom is -0.507 e. The summed E-state index contributed by atoms with van der Waals surface area (Å²) in [5, 5.41) is 18.8. The van der Waals surface area contributed by atoms with E-state index in [1.165, 1.54) is 6.21 Å². The van der Waals surface area contributed by atoms with E-state index in [2.05, 4.69) is 35.4 Å². The average Bonchev–Trinajstić information content (AvgIpc) is 2.62. The van der Waals surface area contributed by atoms with Crippen LogP contribution in [0.15, 0.2) is 77.9 Å². The molecule has 0 spiro atoms. The molecule has 0 aromatic heterocycles. The molecule has 0 aliphatic carbocycles. The molecular formula is C21H16N2O. The highest BCUT2D eigenvalue weighted by Crippen LogP contribution is 2.41. The monoisotopic (exact) mass is 312 g/mol. The zero-order valence-corrected chi connectivity index (χ0v) is 13.0. The van der Waals surface area contributed by atoms with Gasteiger partial charge in [-0.15, -0.1) is 0 Å². The Balaban J connectivity index is 2.17. The lowest BCUT2D eigenvalue weighted by Gasteiger charge is -2.14. The molecule has 0 aliphatic rings. The predicted octanol–water partition coefficient (Wildman–Crippen LogP) is 4.66. The van der Waals surface area contributed by atoms with E-state index in [9.17, 15) is 5.11 Å². The van der Waals surface area contributed by atoms with Crippen molar-refractivity contribution in [2.24, 2.45) is 10.9 Å². The molecule has 0 radical (unpaired) electrons. The minimum atomic E-state index is 0.188. The molecule has 4 aromatic carbocycles. The van der Waals surface area contributed by atoms with Crippen molar-refractivity contribution in [3.8, 4) is 16.9 Å². The van der Waals surface area contributed by atoms with E-state index in [0.717, 1.165) is 32.7 Å². The summed E-state index contributed by atoms with van der Waals surface area (Å²) in [6.07, 6.45) is 1.46. The van der Waals surface area contributed by atoms with Gasteiger partial charge in [0.1, 0.15) is 5.75 Å². The van der Waals surface area contributed by atoms with Crippen molar-refractivity contribution in [2.45, 2.75) is 0 Å². The van der Waals surface area contributed by atoms with Crippen LogP contribution in [0.2, 0.25) is 0 Å². The maximum atomic E-state index is 10.7. The Morgan fingerprint density at radius 2 is 1.42 bits per heavy atom. The van der Waals surface area contributed by atoms with Crippen LogP contribution in [0.3, 0.4) is 0 Å². The molecule has 0 bridgehead atoms. The molecule has 3 N–H and O–H groups in total. The molecule has 0 amide bonds. The van der Waals surface area contributed by atoms with E-state index in [4.69, 9.17) is 5.84 Å². The summed E-state index contributed by atoms with van der Waals surface area (Å²) in [7, 11) is 0. The quantitative estimate of drug-likeness (QED) is 0.245. The van der Waals surface area contributed by atoms with Crippen LogP contribution in [0, 0.1) is 0 Å². The van der Waals surface area contributed by atoms with Gasteiger partial charge >= 0.3 is 0 Å². The van der Waals surface area contributed by atoms with Crippen LogP contribution >= 0.6 is 0 Å². The topological polar surface area (TPSA) is 58.6 Å². The lowest BCUT2D eigenvalue weighted by atomic mass is 9.91. The number of phenolic OH excluding ortho intramolecular Hbond substituents is 1. The highest BCUT2D eigenvalue weighted by molar-refractivity contribution is 6.13. The molecule has 0 atom stereocenters. The highest BCUT2D eigenvalue weighted by atomic mass is 16.3. The minimum absolute atomic E-state index is 0.188. The summed E-state index contributed by atoms with van der Waals surface area (Å²) in [5.41, 5.74) is 2.40. The smallest absolute Gasteiger partial charge is 0.132 e. The number of hydrogen-bond acceptors (Lipinski definition) is 3. The second-order valence-electron chi connectivity index (χ2n) is 5.72. The average molecular weight is 312 g/mol. The maximum absolute atomic E-state index is 10.7. The van der Waals surface area contributed by atoms with Crippen LogP contribution in [-0.4, -0.2) is 11.3 Å².